The summed E-state index contributed by atoms with van der Waals surface area (Å²) in [5.74, 6) is 0.314. The maximum Gasteiger partial charge on any atom is 0.211 e. The van der Waals surface area contributed by atoms with Gasteiger partial charge in [0.05, 0.1) is 6.26 Å². The molecule has 0 radical (unpaired) electrons. The van der Waals surface area contributed by atoms with E-state index in [-0.39, 0.29) is 0 Å². The Bertz CT molecular complexity index is 754. The first kappa shape index (κ1) is 15.5. The number of hydrogen-bond acceptors (Lipinski definition) is 3. The van der Waals surface area contributed by atoms with Gasteiger partial charge in [-0.25, -0.2) is 12.7 Å². The van der Waals surface area contributed by atoms with Crippen LogP contribution in [0.1, 0.15) is 18.9 Å². The number of sulfonamides is 1. The van der Waals surface area contributed by atoms with Crippen LogP contribution in [0.25, 0.3) is 10.9 Å². The molecule has 2 aromatic rings. The Kier molecular flexibility index (Phi) is 4.25. The van der Waals surface area contributed by atoms with Crippen LogP contribution < -0.4 is 5.32 Å². The molecule has 1 aromatic carbocycles. The third-order valence-electron chi connectivity index (χ3n) is 4.58. The van der Waals surface area contributed by atoms with E-state index in [1.807, 2.05) is 6.20 Å². The molecule has 1 aliphatic heterocycles. The SMILES string of the molecule is C[C@@H]1CN(S(C)(=O)=O)CC[C@H]1NCc1cccc2[nH]ccc12. The summed E-state index contributed by atoms with van der Waals surface area (Å²) < 4.78 is 24.9. The second kappa shape index (κ2) is 6.02. The number of benzene rings is 1. The molecule has 3 rings (SSSR count). The molecule has 22 heavy (non-hydrogen) atoms. The van der Waals surface area contributed by atoms with E-state index in [4.69, 9.17) is 0 Å². The molecular weight excluding hydrogens is 298 g/mol. The van der Waals surface area contributed by atoms with Gasteiger partial charge in [0.25, 0.3) is 0 Å². The topological polar surface area (TPSA) is 65.2 Å². The molecule has 2 heterocycles. The highest BCUT2D eigenvalue weighted by molar-refractivity contribution is 7.88. The number of rotatable bonds is 4. The molecule has 0 bridgehead atoms. The van der Waals surface area contributed by atoms with Crippen LogP contribution in [-0.4, -0.2) is 43.1 Å². The van der Waals surface area contributed by atoms with Crippen molar-refractivity contribution in [2.45, 2.75) is 25.9 Å². The molecule has 0 spiro atoms. The van der Waals surface area contributed by atoms with Crippen molar-refractivity contribution < 1.29 is 8.42 Å². The zero-order valence-corrected chi connectivity index (χ0v) is 13.9. The van der Waals surface area contributed by atoms with Crippen LogP contribution in [0.15, 0.2) is 30.5 Å². The van der Waals surface area contributed by atoms with Gasteiger partial charge in [-0.15, -0.1) is 0 Å². The summed E-state index contributed by atoms with van der Waals surface area (Å²) >= 11 is 0. The summed E-state index contributed by atoms with van der Waals surface area (Å²) in [5, 5.41) is 4.85. The summed E-state index contributed by atoms with van der Waals surface area (Å²) in [4.78, 5) is 3.23. The minimum atomic E-state index is -3.07. The van der Waals surface area contributed by atoms with E-state index in [1.165, 1.54) is 17.2 Å². The Morgan fingerprint density at radius 2 is 2.18 bits per heavy atom. The van der Waals surface area contributed by atoms with E-state index in [0.29, 0.717) is 25.0 Å². The molecule has 2 N–H and O–H groups in total. The summed E-state index contributed by atoms with van der Waals surface area (Å²) in [5.41, 5.74) is 2.43. The minimum Gasteiger partial charge on any atom is -0.361 e. The molecule has 1 aliphatic rings. The Balaban J connectivity index is 1.64. The lowest BCUT2D eigenvalue weighted by atomic mass is 9.95. The van der Waals surface area contributed by atoms with Crippen LogP contribution in [0.4, 0.5) is 0 Å². The molecule has 0 amide bonds. The molecule has 0 unspecified atom stereocenters. The first-order chi connectivity index (χ1) is 10.4. The van der Waals surface area contributed by atoms with E-state index >= 15 is 0 Å². The second-order valence-electron chi connectivity index (χ2n) is 6.23. The maximum absolute atomic E-state index is 11.6. The number of H-pyrrole nitrogens is 1. The average Bonchev–Trinajstić information content (AvgIpc) is 2.94. The molecule has 1 aromatic heterocycles. The fraction of sp³-hybridized carbons (Fsp3) is 0.500. The Hall–Kier alpha value is -1.37. The Morgan fingerprint density at radius 3 is 2.91 bits per heavy atom. The van der Waals surface area contributed by atoms with Crippen molar-refractivity contribution in [1.29, 1.82) is 0 Å². The van der Waals surface area contributed by atoms with Gasteiger partial charge < -0.3 is 10.3 Å². The van der Waals surface area contributed by atoms with E-state index in [0.717, 1.165) is 18.5 Å². The van der Waals surface area contributed by atoms with Crippen LogP contribution >= 0.6 is 0 Å². The van der Waals surface area contributed by atoms with Gasteiger partial charge in [-0.05, 0) is 30.0 Å². The fourth-order valence-corrected chi connectivity index (χ4v) is 4.20. The van der Waals surface area contributed by atoms with Crippen molar-refractivity contribution in [2.24, 2.45) is 5.92 Å². The second-order valence-corrected chi connectivity index (χ2v) is 8.21. The highest BCUT2D eigenvalue weighted by atomic mass is 32.2. The van der Waals surface area contributed by atoms with Gasteiger partial charge in [-0.2, -0.15) is 0 Å². The lowest BCUT2D eigenvalue weighted by Crippen LogP contribution is -2.49. The largest absolute Gasteiger partial charge is 0.361 e. The zero-order valence-electron chi connectivity index (χ0n) is 13.0. The van der Waals surface area contributed by atoms with Crippen LogP contribution in [0, 0.1) is 5.92 Å². The van der Waals surface area contributed by atoms with Crippen molar-refractivity contribution in [3.63, 3.8) is 0 Å². The van der Waals surface area contributed by atoms with Crippen LogP contribution in [0.2, 0.25) is 0 Å². The molecule has 0 aliphatic carbocycles. The van der Waals surface area contributed by atoms with Crippen LogP contribution in [-0.2, 0) is 16.6 Å². The number of aromatic amines is 1. The van der Waals surface area contributed by atoms with Crippen molar-refractivity contribution in [1.82, 2.24) is 14.6 Å². The summed E-state index contributed by atoms with van der Waals surface area (Å²) in [7, 11) is -3.07. The number of hydrogen-bond donors (Lipinski definition) is 2. The Labute approximate surface area is 131 Å². The maximum atomic E-state index is 11.6. The number of piperidine rings is 1. The third kappa shape index (κ3) is 3.19. The van der Waals surface area contributed by atoms with Crippen molar-refractivity contribution >= 4 is 20.9 Å². The number of aromatic nitrogens is 1. The summed E-state index contributed by atoms with van der Waals surface area (Å²) in [6.07, 6.45) is 4.11. The number of nitrogens with zero attached hydrogens (tertiary/aromatic N) is 1. The van der Waals surface area contributed by atoms with Gasteiger partial charge in [0, 0.05) is 42.8 Å². The molecular formula is C16H23N3O2S. The van der Waals surface area contributed by atoms with E-state index in [2.05, 4.69) is 41.5 Å². The van der Waals surface area contributed by atoms with Gasteiger partial charge in [-0.3, -0.25) is 0 Å². The summed E-state index contributed by atoms with van der Waals surface area (Å²) in [6.45, 7) is 4.13. The zero-order chi connectivity index (χ0) is 15.7. The van der Waals surface area contributed by atoms with Crippen LogP contribution in [0.3, 0.4) is 0 Å². The Morgan fingerprint density at radius 1 is 1.36 bits per heavy atom. The van der Waals surface area contributed by atoms with Crippen LogP contribution in [0.5, 0.6) is 0 Å². The highest BCUT2D eigenvalue weighted by Gasteiger charge is 2.30. The predicted octanol–water partition coefficient (Wildman–Crippen LogP) is 1.93. The molecule has 1 fully saturated rings. The molecule has 5 nitrogen and oxygen atoms in total. The van der Waals surface area contributed by atoms with Gasteiger partial charge in [0.1, 0.15) is 0 Å². The molecule has 6 heteroatoms. The van der Waals surface area contributed by atoms with Gasteiger partial charge in [0.2, 0.25) is 10.0 Å². The average molecular weight is 321 g/mol. The van der Waals surface area contributed by atoms with E-state index in [1.54, 1.807) is 4.31 Å². The number of nitrogens with one attached hydrogen (secondary N) is 2. The van der Waals surface area contributed by atoms with Gasteiger partial charge in [0.15, 0.2) is 0 Å². The fourth-order valence-electron chi connectivity index (χ4n) is 3.26. The highest BCUT2D eigenvalue weighted by Crippen LogP contribution is 2.21. The standard InChI is InChI=1S/C16H23N3O2S/c1-12-11-19(22(2,20)21)9-7-15(12)18-10-13-4-3-5-16-14(13)6-8-17-16/h3-6,8,12,15,17-18H,7,9-11H2,1-2H3/t12-,15-/m1/s1. The molecule has 120 valence electrons. The first-order valence-corrected chi connectivity index (χ1v) is 9.53. The quantitative estimate of drug-likeness (QED) is 0.904. The monoisotopic (exact) mass is 321 g/mol. The third-order valence-corrected chi connectivity index (χ3v) is 5.85. The molecule has 2 atom stereocenters. The molecule has 0 saturated carbocycles. The number of fused-ring (bicyclic) bond motifs is 1. The normalized spacial score (nSPS) is 23.9. The van der Waals surface area contributed by atoms with Crippen molar-refractivity contribution in [3.05, 3.63) is 36.0 Å². The summed E-state index contributed by atoms with van der Waals surface area (Å²) in [6, 6.07) is 8.73. The van der Waals surface area contributed by atoms with E-state index < -0.39 is 10.0 Å². The van der Waals surface area contributed by atoms with E-state index in [9.17, 15) is 8.42 Å². The van der Waals surface area contributed by atoms with Crippen molar-refractivity contribution in [2.75, 3.05) is 19.3 Å². The minimum absolute atomic E-state index is 0.314. The lowest BCUT2D eigenvalue weighted by molar-refractivity contribution is 0.220. The predicted molar refractivity (Wildman–Crippen MR) is 89.1 cm³/mol. The molecule has 1 saturated heterocycles. The van der Waals surface area contributed by atoms with Crippen molar-refractivity contribution in [3.8, 4) is 0 Å². The smallest absolute Gasteiger partial charge is 0.211 e. The lowest BCUT2D eigenvalue weighted by Gasteiger charge is -2.36. The van der Waals surface area contributed by atoms with Gasteiger partial charge in [-0.1, -0.05) is 19.1 Å². The first-order valence-electron chi connectivity index (χ1n) is 7.68. The van der Waals surface area contributed by atoms with Gasteiger partial charge >= 0.3 is 0 Å².